The quantitative estimate of drug-likeness (QED) is 0.614. The van der Waals surface area contributed by atoms with Gasteiger partial charge in [0.25, 0.3) is 0 Å². The summed E-state index contributed by atoms with van der Waals surface area (Å²) in [6, 6.07) is -1.32. The predicted octanol–water partition coefficient (Wildman–Crippen LogP) is 1.21. The van der Waals surface area contributed by atoms with Gasteiger partial charge >= 0.3 is 0 Å². The number of ether oxygens (including phenoxy) is 1. The van der Waals surface area contributed by atoms with Crippen molar-refractivity contribution in [2.75, 3.05) is 13.7 Å². The van der Waals surface area contributed by atoms with Crippen molar-refractivity contribution in [3.63, 3.8) is 0 Å². The van der Waals surface area contributed by atoms with Crippen LogP contribution in [0, 0.1) is 23.3 Å². The molecule has 0 aliphatic heterocycles. The van der Waals surface area contributed by atoms with E-state index in [0.717, 1.165) is 7.11 Å². The summed E-state index contributed by atoms with van der Waals surface area (Å²) >= 11 is 0. The van der Waals surface area contributed by atoms with Crippen LogP contribution in [0.1, 0.15) is 11.6 Å². The Morgan fingerprint density at radius 2 is 1.50 bits per heavy atom. The van der Waals surface area contributed by atoms with E-state index in [-0.39, 0.29) is 6.54 Å². The molecule has 4 N–H and O–H groups in total. The molecule has 1 aromatic rings. The summed E-state index contributed by atoms with van der Waals surface area (Å²) in [4.78, 5) is 0. The standard InChI is InChI=1S/C9H10F4N2O/c1-16-9-7(12)5(10)4(3(15)2-14)6(11)8(9)13/h3H,2,14-15H2,1H3/t3-/m1/s1. The van der Waals surface area contributed by atoms with Crippen molar-refractivity contribution in [1.29, 1.82) is 0 Å². The van der Waals surface area contributed by atoms with Crippen LogP contribution in [0.2, 0.25) is 0 Å². The Morgan fingerprint density at radius 3 is 1.81 bits per heavy atom. The molecule has 0 radical (unpaired) electrons. The van der Waals surface area contributed by atoms with Crippen molar-refractivity contribution in [3.05, 3.63) is 28.8 Å². The molecule has 0 spiro atoms. The monoisotopic (exact) mass is 238 g/mol. The van der Waals surface area contributed by atoms with Crippen molar-refractivity contribution in [2.24, 2.45) is 11.5 Å². The zero-order valence-electron chi connectivity index (χ0n) is 8.36. The minimum atomic E-state index is -1.62. The van der Waals surface area contributed by atoms with Crippen LogP contribution in [0.15, 0.2) is 0 Å². The number of benzene rings is 1. The summed E-state index contributed by atoms with van der Waals surface area (Å²) in [5, 5.41) is 0. The predicted molar refractivity (Wildman–Crippen MR) is 48.8 cm³/mol. The molecule has 0 aliphatic carbocycles. The second-order valence-corrected chi connectivity index (χ2v) is 3.05. The molecule has 90 valence electrons. The summed E-state index contributed by atoms with van der Waals surface area (Å²) in [6.45, 7) is -0.348. The lowest BCUT2D eigenvalue weighted by Gasteiger charge is -2.14. The van der Waals surface area contributed by atoms with E-state index in [1.165, 1.54) is 0 Å². The highest BCUT2D eigenvalue weighted by Crippen LogP contribution is 2.31. The highest BCUT2D eigenvalue weighted by Gasteiger charge is 2.28. The van der Waals surface area contributed by atoms with Crippen LogP contribution in [0.25, 0.3) is 0 Å². The Labute approximate surface area is 89.0 Å². The summed E-state index contributed by atoms with van der Waals surface area (Å²) in [7, 11) is 0.892. The van der Waals surface area contributed by atoms with Crippen LogP contribution in [0.3, 0.4) is 0 Å². The van der Waals surface area contributed by atoms with E-state index >= 15 is 0 Å². The first kappa shape index (κ1) is 12.7. The van der Waals surface area contributed by atoms with Gasteiger partial charge in [0.05, 0.1) is 7.11 Å². The molecule has 1 aromatic carbocycles. The Morgan fingerprint density at radius 1 is 1.06 bits per heavy atom. The zero-order valence-corrected chi connectivity index (χ0v) is 8.36. The summed E-state index contributed by atoms with van der Waals surface area (Å²) in [5.74, 6) is -7.55. The molecule has 0 aliphatic rings. The molecule has 0 amide bonds. The molecule has 0 aromatic heterocycles. The fourth-order valence-corrected chi connectivity index (χ4v) is 1.25. The summed E-state index contributed by atoms with van der Waals surface area (Å²) in [6.07, 6.45) is 0. The van der Waals surface area contributed by atoms with Gasteiger partial charge in [0.2, 0.25) is 11.6 Å². The first-order valence-corrected chi connectivity index (χ1v) is 4.31. The third-order valence-electron chi connectivity index (χ3n) is 2.09. The third-order valence-corrected chi connectivity index (χ3v) is 2.09. The van der Waals surface area contributed by atoms with Crippen molar-refractivity contribution in [2.45, 2.75) is 6.04 Å². The highest BCUT2D eigenvalue weighted by molar-refractivity contribution is 5.36. The maximum atomic E-state index is 13.3. The van der Waals surface area contributed by atoms with Crippen LogP contribution >= 0.6 is 0 Å². The molecule has 16 heavy (non-hydrogen) atoms. The maximum Gasteiger partial charge on any atom is 0.204 e. The maximum absolute atomic E-state index is 13.3. The number of halogens is 4. The largest absolute Gasteiger partial charge is 0.491 e. The molecule has 0 saturated heterocycles. The molecule has 7 heteroatoms. The number of hydrogen-bond acceptors (Lipinski definition) is 3. The minimum Gasteiger partial charge on any atom is -0.491 e. The Balaban J connectivity index is 3.53. The SMILES string of the molecule is COc1c(F)c(F)c([C@H](N)CN)c(F)c1F. The number of rotatable bonds is 3. The van der Waals surface area contributed by atoms with Crippen molar-refractivity contribution in [3.8, 4) is 5.75 Å². The molecule has 0 heterocycles. The number of methoxy groups -OCH3 is 1. The van der Waals surface area contributed by atoms with Gasteiger partial charge in [-0.3, -0.25) is 0 Å². The normalized spacial score (nSPS) is 12.7. The Kier molecular flexibility index (Phi) is 3.71. The van der Waals surface area contributed by atoms with Gasteiger partial charge in [-0.25, -0.2) is 8.78 Å². The van der Waals surface area contributed by atoms with Gasteiger partial charge in [-0.2, -0.15) is 8.78 Å². The van der Waals surface area contributed by atoms with Gasteiger partial charge in [-0.1, -0.05) is 0 Å². The van der Waals surface area contributed by atoms with Gasteiger partial charge in [0.1, 0.15) is 0 Å². The fraction of sp³-hybridized carbons (Fsp3) is 0.333. The molecular weight excluding hydrogens is 228 g/mol. The summed E-state index contributed by atoms with van der Waals surface area (Å²) in [5.41, 5.74) is 9.41. The molecule has 0 fully saturated rings. The van der Waals surface area contributed by atoms with Gasteiger partial charge < -0.3 is 16.2 Å². The van der Waals surface area contributed by atoms with Crippen LogP contribution in [0.5, 0.6) is 5.75 Å². The Hall–Kier alpha value is -1.34. The summed E-state index contributed by atoms with van der Waals surface area (Å²) < 4.78 is 57.3. The van der Waals surface area contributed by atoms with Crippen molar-refractivity contribution in [1.82, 2.24) is 0 Å². The smallest absolute Gasteiger partial charge is 0.204 e. The van der Waals surface area contributed by atoms with Gasteiger partial charge in [0.15, 0.2) is 17.4 Å². The van der Waals surface area contributed by atoms with Crippen molar-refractivity contribution >= 4 is 0 Å². The van der Waals surface area contributed by atoms with E-state index < -0.39 is 40.6 Å². The van der Waals surface area contributed by atoms with Crippen LogP contribution in [-0.2, 0) is 0 Å². The minimum absolute atomic E-state index is 0.348. The van der Waals surface area contributed by atoms with Crippen LogP contribution < -0.4 is 16.2 Å². The molecule has 1 rings (SSSR count). The molecule has 0 unspecified atom stereocenters. The molecular formula is C9H10F4N2O. The molecule has 0 saturated carbocycles. The van der Waals surface area contributed by atoms with E-state index in [1.807, 2.05) is 0 Å². The zero-order chi connectivity index (χ0) is 12.5. The fourth-order valence-electron chi connectivity index (χ4n) is 1.25. The van der Waals surface area contributed by atoms with E-state index in [4.69, 9.17) is 11.5 Å². The average molecular weight is 238 g/mol. The highest BCUT2D eigenvalue weighted by atomic mass is 19.2. The van der Waals surface area contributed by atoms with E-state index in [9.17, 15) is 17.6 Å². The first-order valence-electron chi connectivity index (χ1n) is 4.31. The van der Waals surface area contributed by atoms with E-state index in [2.05, 4.69) is 4.74 Å². The third kappa shape index (κ3) is 1.83. The lowest BCUT2D eigenvalue weighted by molar-refractivity contribution is 0.326. The molecule has 0 bridgehead atoms. The van der Waals surface area contributed by atoms with E-state index in [0.29, 0.717) is 0 Å². The lowest BCUT2D eigenvalue weighted by atomic mass is 10.1. The van der Waals surface area contributed by atoms with Crippen molar-refractivity contribution < 1.29 is 22.3 Å². The molecule has 3 nitrogen and oxygen atoms in total. The second-order valence-electron chi connectivity index (χ2n) is 3.05. The molecule has 1 atom stereocenters. The first-order chi connectivity index (χ1) is 7.45. The Bertz CT molecular complexity index is 382. The lowest BCUT2D eigenvalue weighted by Crippen LogP contribution is -2.24. The van der Waals surface area contributed by atoms with Crippen LogP contribution in [-0.4, -0.2) is 13.7 Å². The average Bonchev–Trinajstić information content (AvgIpc) is 2.27. The number of hydrogen-bond donors (Lipinski definition) is 2. The second kappa shape index (κ2) is 4.67. The van der Waals surface area contributed by atoms with Gasteiger partial charge in [-0.05, 0) is 0 Å². The van der Waals surface area contributed by atoms with Gasteiger partial charge in [0, 0.05) is 18.2 Å². The number of nitrogens with two attached hydrogens (primary N) is 2. The topological polar surface area (TPSA) is 61.3 Å². The van der Waals surface area contributed by atoms with E-state index in [1.54, 1.807) is 0 Å². The van der Waals surface area contributed by atoms with Crippen LogP contribution in [0.4, 0.5) is 17.6 Å². The van der Waals surface area contributed by atoms with Gasteiger partial charge in [-0.15, -0.1) is 0 Å².